The first-order valence-corrected chi connectivity index (χ1v) is 6.81. The molecule has 2 aromatic rings. The summed E-state index contributed by atoms with van der Waals surface area (Å²) in [5.74, 6) is 0.856. The fourth-order valence-electron chi connectivity index (χ4n) is 2.99. The van der Waals surface area contributed by atoms with Gasteiger partial charge in [-0.05, 0) is 25.8 Å². The highest BCUT2D eigenvalue weighted by Gasteiger charge is 2.38. The smallest absolute Gasteiger partial charge is 0.152 e. The topological polar surface area (TPSA) is 62.5 Å². The number of nitrogens with one attached hydrogen (secondary N) is 1. The molecule has 2 atom stereocenters. The number of hydrogen-bond donors (Lipinski definition) is 2. The van der Waals surface area contributed by atoms with Crippen LogP contribution in [0.25, 0.3) is 5.52 Å². The Morgan fingerprint density at radius 1 is 1.58 bits per heavy atom. The van der Waals surface area contributed by atoms with Crippen molar-refractivity contribution >= 4 is 11.3 Å². The zero-order valence-corrected chi connectivity index (χ0v) is 11.4. The van der Waals surface area contributed by atoms with E-state index in [0.29, 0.717) is 0 Å². The molecule has 102 valence electrons. The molecular weight excluding hydrogens is 240 g/mol. The zero-order valence-electron chi connectivity index (χ0n) is 11.4. The second-order valence-corrected chi connectivity index (χ2v) is 5.79. The molecule has 2 unspecified atom stereocenters. The monoisotopic (exact) mass is 260 g/mol. The predicted molar refractivity (Wildman–Crippen MR) is 74.2 cm³/mol. The van der Waals surface area contributed by atoms with Crippen LogP contribution in [0.3, 0.4) is 0 Å². The Balaban J connectivity index is 1.93. The number of rotatable bonds is 3. The molecule has 0 radical (unpaired) electrons. The van der Waals surface area contributed by atoms with Crippen molar-refractivity contribution in [2.45, 2.75) is 39.2 Å². The molecule has 1 aliphatic carbocycles. The van der Waals surface area contributed by atoms with E-state index in [2.05, 4.69) is 22.3 Å². The van der Waals surface area contributed by atoms with Crippen molar-refractivity contribution in [3.63, 3.8) is 0 Å². The SMILES string of the molecule is Cc1cc2c(NC3CCCC3(C)CO)nccn2n1. The second-order valence-electron chi connectivity index (χ2n) is 5.79. The van der Waals surface area contributed by atoms with Gasteiger partial charge in [-0.3, -0.25) is 0 Å². The summed E-state index contributed by atoms with van der Waals surface area (Å²) < 4.78 is 1.84. The first-order valence-electron chi connectivity index (χ1n) is 6.81. The zero-order chi connectivity index (χ0) is 13.5. The molecule has 1 fully saturated rings. The van der Waals surface area contributed by atoms with E-state index >= 15 is 0 Å². The van der Waals surface area contributed by atoms with Gasteiger partial charge in [-0.2, -0.15) is 5.10 Å². The number of aryl methyl sites for hydroxylation is 1. The average molecular weight is 260 g/mol. The average Bonchev–Trinajstić information content (AvgIpc) is 2.94. The molecule has 0 amide bonds. The molecular formula is C14H20N4O. The maximum atomic E-state index is 9.61. The lowest BCUT2D eigenvalue weighted by Gasteiger charge is -2.30. The first kappa shape index (κ1) is 12.4. The van der Waals surface area contributed by atoms with Crippen molar-refractivity contribution in [2.75, 3.05) is 11.9 Å². The number of aliphatic hydroxyl groups excluding tert-OH is 1. The molecule has 0 aromatic carbocycles. The maximum Gasteiger partial charge on any atom is 0.152 e. The highest BCUT2D eigenvalue weighted by atomic mass is 16.3. The quantitative estimate of drug-likeness (QED) is 0.886. The van der Waals surface area contributed by atoms with Gasteiger partial charge in [0.15, 0.2) is 5.82 Å². The third-order valence-electron chi connectivity index (χ3n) is 4.27. The third-order valence-corrected chi connectivity index (χ3v) is 4.27. The molecule has 5 nitrogen and oxygen atoms in total. The minimum atomic E-state index is -0.0520. The van der Waals surface area contributed by atoms with Gasteiger partial charge in [-0.1, -0.05) is 13.3 Å². The van der Waals surface area contributed by atoms with Crippen molar-refractivity contribution in [2.24, 2.45) is 5.41 Å². The van der Waals surface area contributed by atoms with Gasteiger partial charge in [0.1, 0.15) is 5.52 Å². The summed E-state index contributed by atoms with van der Waals surface area (Å²) >= 11 is 0. The van der Waals surface area contributed by atoms with Crippen molar-refractivity contribution in [1.82, 2.24) is 14.6 Å². The molecule has 3 rings (SSSR count). The Kier molecular flexibility index (Phi) is 2.93. The standard InChI is InChI=1S/C14H20N4O/c1-10-8-11-13(15-6-7-18(11)17-10)16-12-4-3-5-14(12,2)9-19/h6-8,12,19H,3-5,9H2,1-2H3,(H,15,16). The maximum absolute atomic E-state index is 9.61. The lowest BCUT2D eigenvalue weighted by Crippen LogP contribution is -2.36. The van der Waals surface area contributed by atoms with Gasteiger partial charge in [-0.25, -0.2) is 9.50 Å². The number of hydrogen-bond acceptors (Lipinski definition) is 4. The Hall–Kier alpha value is -1.62. The summed E-state index contributed by atoms with van der Waals surface area (Å²) in [4.78, 5) is 4.43. The predicted octanol–water partition coefficient (Wildman–Crippen LogP) is 2.00. The van der Waals surface area contributed by atoms with E-state index in [1.165, 1.54) is 0 Å². The van der Waals surface area contributed by atoms with Crippen LogP contribution in [0, 0.1) is 12.3 Å². The fraction of sp³-hybridized carbons (Fsp3) is 0.571. The molecule has 0 saturated heterocycles. The van der Waals surface area contributed by atoms with Gasteiger partial charge >= 0.3 is 0 Å². The summed E-state index contributed by atoms with van der Waals surface area (Å²) in [6.07, 6.45) is 6.89. The van der Waals surface area contributed by atoms with E-state index < -0.39 is 0 Å². The van der Waals surface area contributed by atoms with E-state index in [1.807, 2.05) is 23.7 Å². The van der Waals surface area contributed by atoms with Crippen molar-refractivity contribution in [1.29, 1.82) is 0 Å². The van der Waals surface area contributed by atoms with E-state index in [0.717, 1.165) is 36.3 Å². The molecule has 5 heteroatoms. The van der Waals surface area contributed by atoms with Crippen LogP contribution in [-0.2, 0) is 0 Å². The number of anilines is 1. The largest absolute Gasteiger partial charge is 0.396 e. The van der Waals surface area contributed by atoms with Crippen molar-refractivity contribution < 1.29 is 5.11 Å². The molecule has 19 heavy (non-hydrogen) atoms. The summed E-state index contributed by atoms with van der Waals surface area (Å²) in [5, 5.41) is 17.5. The Bertz CT molecular complexity index is 594. The summed E-state index contributed by atoms with van der Waals surface area (Å²) in [7, 11) is 0. The lowest BCUT2D eigenvalue weighted by atomic mass is 9.86. The summed E-state index contributed by atoms with van der Waals surface area (Å²) in [6.45, 7) is 4.33. The molecule has 0 bridgehead atoms. The minimum absolute atomic E-state index is 0.0520. The lowest BCUT2D eigenvalue weighted by molar-refractivity contribution is 0.139. The first-order chi connectivity index (χ1) is 9.12. The van der Waals surface area contributed by atoms with Crippen LogP contribution < -0.4 is 5.32 Å². The van der Waals surface area contributed by atoms with Crippen LogP contribution in [0.15, 0.2) is 18.5 Å². The van der Waals surface area contributed by atoms with Crippen molar-refractivity contribution in [3.8, 4) is 0 Å². The number of aromatic nitrogens is 3. The highest BCUT2D eigenvalue weighted by molar-refractivity contribution is 5.68. The van der Waals surface area contributed by atoms with Gasteiger partial charge in [0, 0.05) is 23.9 Å². The molecule has 2 N–H and O–H groups in total. The highest BCUT2D eigenvalue weighted by Crippen LogP contribution is 2.39. The van der Waals surface area contributed by atoms with Crippen LogP contribution in [0.4, 0.5) is 5.82 Å². The van der Waals surface area contributed by atoms with Crippen molar-refractivity contribution in [3.05, 3.63) is 24.2 Å². The van der Waals surface area contributed by atoms with E-state index in [1.54, 1.807) is 6.20 Å². The normalized spacial score (nSPS) is 27.0. The molecule has 2 aromatic heterocycles. The van der Waals surface area contributed by atoms with Gasteiger partial charge < -0.3 is 10.4 Å². The molecule has 0 spiro atoms. The van der Waals surface area contributed by atoms with E-state index in [4.69, 9.17) is 0 Å². The molecule has 1 aliphatic rings. The van der Waals surface area contributed by atoms with E-state index in [-0.39, 0.29) is 18.1 Å². The number of nitrogens with zero attached hydrogens (tertiary/aromatic N) is 3. The molecule has 0 aliphatic heterocycles. The summed E-state index contributed by atoms with van der Waals surface area (Å²) in [5.41, 5.74) is 1.92. The van der Waals surface area contributed by atoms with Crippen LogP contribution in [-0.4, -0.2) is 32.4 Å². The Morgan fingerprint density at radius 2 is 2.42 bits per heavy atom. The fourth-order valence-corrected chi connectivity index (χ4v) is 2.99. The number of fused-ring (bicyclic) bond motifs is 1. The third kappa shape index (κ3) is 2.08. The van der Waals surface area contributed by atoms with Crippen LogP contribution in [0.1, 0.15) is 31.9 Å². The van der Waals surface area contributed by atoms with Crippen LogP contribution in [0.2, 0.25) is 0 Å². The molecule has 1 saturated carbocycles. The molecule has 2 heterocycles. The van der Waals surface area contributed by atoms with E-state index in [9.17, 15) is 5.11 Å². The minimum Gasteiger partial charge on any atom is -0.396 e. The number of aliphatic hydroxyl groups is 1. The Morgan fingerprint density at radius 3 is 3.21 bits per heavy atom. The van der Waals surface area contributed by atoms with Gasteiger partial charge in [-0.15, -0.1) is 0 Å². The Labute approximate surface area is 112 Å². The summed E-state index contributed by atoms with van der Waals surface area (Å²) in [6, 6.07) is 2.30. The van der Waals surface area contributed by atoms with Gasteiger partial charge in [0.05, 0.1) is 12.3 Å². The van der Waals surface area contributed by atoms with Gasteiger partial charge in [0.25, 0.3) is 0 Å². The van der Waals surface area contributed by atoms with Crippen LogP contribution in [0.5, 0.6) is 0 Å². The van der Waals surface area contributed by atoms with Crippen LogP contribution >= 0.6 is 0 Å². The second kappa shape index (κ2) is 4.49. The van der Waals surface area contributed by atoms with Gasteiger partial charge in [0.2, 0.25) is 0 Å².